The fourth-order valence-electron chi connectivity index (χ4n) is 3.76. The molecule has 0 aromatic carbocycles. The van der Waals surface area contributed by atoms with Gasteiger partial charge in [-0.1, -0.05) is 6.07 Å². The van der Waals surface area contributed by atoms with Crippen molar-refractivity contribution in [2.45, 2.75) is 31.6 Å². The van der Waals surface area contributed by atoms with Crippen molar-refractivity contribution in [3.8, 4) is 0 Å². The number of thiophene rings is 1. The molecule has 6 nitrogen and oxygen atoms in total. The maximum absolute atomic E-state index is 13.2. The Hall–Kier alpha value is -2.32. The maximum Gasteiger partial charge on any atom is 0.254 e. The molecule has 0 unspecified atom stereocenters. The van der Waals surface area contributed by atoms with Crippen LogP contribution in [0.2, 0.25) is 0 Å². The molecule has 0 radical (unpaired) electrons. The van der Waals surface area contributed by atoms with Gasteiger partial charge in [-0.2, -0.15) is 4.39 Å². The molecule has 142 valence electrons. The lowest BCUT2D eigenvalue weighted by Gasteiger charge is -2.19. The number of nitrogens with one attached hydrogen (secondary N) is 1. The lowest BCUT2D eigenvalue weighted by molar-refractivity contribution is -0.123. The van der Waals surface area contributed by atoms with Crippen LogP contribution in [0.4, 0.5) is 4.39 Å². The first-order valence-electron chi connectivity index (χ1n) is 8.94. The maximum atomic E-state index is 13.2. The highest BCUT2D eigenvalue weighted by Gasteiger charge is 2.43. The molecule has 8 heteroatoms. The van der Waals surface area contributed by atoms with Crippen LogP contribution in [0, 0.1) is 11.9 Å². The van der Waals surface area contributed by atoms with E-state index < -0.39 is 5.95 Å². The molecule has 0 bridgehead atoms. The fraction of sp³-hybridized carbons (Fsp3) is 0.421. The number of carbonyl (C=O) groups is 2. The number of likely N-dealkylation sites (tertiary alicyclic amines) is 1. The molecule has 2 amide bonds. The standard InChI is InChI=1S/C19H20FN3O3S/c20-17-7-12(3-4-21-17)19(25)23-10-13-6-14(26-16(13)11-23)8-18(24)22-9-15-2-1-5-27-15/h1-5,7,13-14,16H,6,8-11H2,(H,22,24)/t13-,14-,16+/m0/s1. The molecule has 2 aliphatic rings. The smallest absolute Gasteiger partial charge is 0.254 e. The summed E-state index contributed by atoms with van der Waals surface area (Å²) in [7, 11) is 0. The molecule has 0 saturated carbocycles. The molecule has 2 saturated heterocycles. The monoisotopic (exact) mass is 389 g/mol. The van der Waals surface area contributed by atoms with E-state index in [9.17, 15) is 14.0 Å². The quantitative estimate of drug-likeness (QED) is 0.796. The average molecular weight is 389 g/mol. The Morgan fingerprint density at radius 3 is 3.00 bits per heavy atom. The third kappa shape index (κ3) is 4.17. The lowest BCUT2D eigenvalue weighted by Crippen LogP contribution is -2.32. The van der Waals surface area contributed by atoms with Crippen LogP contribution in [-0.4, -0.2) is 47.0 Å². The zero-order valence-electron chi connectivity index (χ0n) is 14.6. The zero-order valence-corrected chi connectivity index (χ0v) is 15.5. The van der Waals surface area contributed by atoms with Gasteiger partial charge in [-0.15, -0.1) is 11.3 Å². The predicted molar refractivity (Wildman–Crippen MR) is 97.6 cm³/mol. The van der Waals surface area contributed by atoms with Crippen LogP contribution in [0.1, 0.15) is 28.1 Å². The third-order valence-corrected chi connectivity index (χ3v) is 5.90. The van der Waals surface area contributed by atoms with Crippen LogP contribution in [-0.2, 0) is 16.1 Å². The first-order chi connectivity index (χ1) is 13.1. The molecule has 0 spiro atoms. The van der Waals surface area contributed by atoms with Crippen molar-refractivity contribution in [3.63, 3.8) is 0 Å². The normalized spacial score (nSPS) is 24.0. The van der Waals surface area contributed by atoms with Crippen LogP contribution in [0.15, 0.2) is 35.8 Å². The van der Waals surface area contributed by atoms with Crippen molar-refractivity contribution in [2.75, 3.05) is 13.1 Å². The van der Waals surface area contributed by atoms with Gasteiger partial charge >= 0.3 is 0 Å². The van der Waals surface area contributed by atoms with Crippen molar-refractivity contribution in [2.24, 2.45) is 5.92 Å². The number of aromatic nitrogens is 1. The number of pyridine rings is 1. The van der Waals surface area contributed by atoms with Crippen molar-refractivity contribution in [1.82, 2.24) is 15.2 Å². The van der Waals surface area contributed by atoms with E-state index in [1.165, 1.54) is 12.3 Å². The van der Waals surface area contributed by atoms with Gasteiger partial charge in [0.2, 0.25) is 11.9 Å². The summed E-state index contributed by atoms with van der Waals surface area (Å²) in [5.41, 5.74) is 0.298. The van der Waals surface area contributed by atoms with E-state index in [1.54, 1.807) is 16.2 Å². The number of fused-ring (bicyclic) bond motifs is 1. The zero-order chi connectivity index (χ0) is 18.8. The summed E-state index contributed by atoms with van der Waals surface area (Å²) in [4.78, 5) is 30.9. The minimum Gasteiger partial charge on any atom is -0.372 e. The van der Waals surface area contributed by atoms with Crippen LogP contribution in [0.25, 0.3) is 0 Å². The first kappa shape index (κ1) is 18.1. The number of halogens is 1. The number of carbonyl (C=O) groups excluding carboxylic acids is 2. The molecule has 1 N–H and O–H groups in total. The summed E-state index contributed by atoms with van der Waals surface area (Å²) in [5.74, 6) is -0.672. The summed E-state index contributed by atoms with van der Waals surface area (Å²) in [6.45, 7) is 1.59. The molecule has 4 heterocycles. The summed E-state index contributed by atoms with van der Waals surface area (Å²) in [6, 6.07) is 6.61. The van der Waals surface area contributed by atoms with Crippen LogP contribution in [0.5, 0.6) is 0 Å². The first-order valence-corrected chi connectivity index (χ1v) is 9.82. The van der Waals surface area contributed by atoms with Crippen molar-refractivity contribution in [1.29, 1.82) is 0 Å². The third-order valence-electron chi connectivity index (χ3n) is 5.03. The van der Waals surface area contributed by atoms with Gasteiger partial charge < -0.3 is 15.0 Å². The highest BCUT2D eigenvalue weighted by Crippen LogP contribution is 2.34. The Morgan fingerprint density at radius 1 is 1.37 bits per heavy atom. The van der Waals surface area contributed by atoms with E-state index in [0.29, 0.717) is 31.6 Å². The summed E-state index contributed by atoms with van der Waals surface area (Å²) >= 11 is 1.61. The van der Waals surface area contributed by atoms with Gasteiger partial charge in [0.25, 0.3) is 5.91 Å². The SMILES string of the molecule is O=C(C[C@@H]1C[C@H]2CN(C(=O)c3ccnc(F)c3)C[C@H]2O1)NCc1cccs1. The van der Waals surface area contributed by atoms with E-state index >= 15 is 0 Å². The largest absolute Gasteiger partial charge is 0.372 e. The molecule has 2 aromatic heterocycles. The van der Waals surface area contributed by atoms with Crippen molar-refractivity contribution in [3.05, 3.63) is 52.2 Å². The molecule has 2 aliphatic heterocycles. The Morgan fingerprint density at radius 2 is 2.26 bits per heavy atom. The van der Waals surface area contributed by atoms with Gasteiger partial charge in [-0.25, -0.2) is 4.98 Å². The number of amides is 2. The fourth-order valence-corrected chi connectivity index (χ4v) is 4.40. The van der Waals surface area contributed by atoms with E-state index in [0.717, 1.165) is 17.4 Å². The number of ether oxygens (including phenoxy) is 1. The second kappa shape index (κ2) is 7.74. The summed E-state index contributed by atoms with van der Waals surface area (Å²) in [5, 5.41) is 4.90. The van der Waals surface area contributed by atoms with Gasteiger partial charge in [0, 0.05) is 41.7 Å². The van der Waals surface area contributed by atoms with E-state index in [2.05, 4.69) is 10.3 Å². The Balaban J connectivity index is 1.25. The minimum absolute atomic E-state index is 0.0198. The van der Waals surface area contributed by atoms with Crippen LogP contribution >= 0.6 is 11.3 Å². The number of nitrogens with zero attached hydrogens (tertiary/aromatic N) is 2. The highest BCUT2D eigenvalue weighted by atomic mass is 32.1. The van der Waals surface area contributed by atoms with Crippen molar-refractivity contribution < 1.29 is 18.7 Å². The van der Waals surface area contributed by atoms with Gasteiger partial charge in [0.15, 0.2) is 0 Å². The second-order valence-corrected chi connectivity index (χ2v) is 7.96. The van der Waals surface area contributed by atoms with Crippen LogP contribution < -0.4 is 5.32 Å². The van der Waals surface area contributed by atoms with E-state index in [1.807, 2.05) is 17.5 Å². The molecule has 2 fully saturated rings. The van der Waals surface area contributed by atoms with Gasteiger partial charge in [0.05, 0.1) is 25.2 Å². The van der Waals surface area contributed by atoms with Gasteiger partial charge in [-0.3, -0.25) is 9.59 Å². The average Bonchev–Trinajstić information content (AvgIpc) is 3.35. The highest BCUT2D eigenvalue weighted by molar-refractivity contribution is 7.09. The Labute approximate surface area is 160 Å². The van der Waals surface area contributed by atoms with Gasteiger partial charge in [-0.05, 0) is 23.9 Å². The lowest BCUT2D eigenvalue weighted by atomic mass is 10.0. The molecular weight excluding hydrogens is 369 g/mol. The molecular formula is C19H20FN3O3S. The van der Waals surface area contributed by atoms with Crippen molar-refractivity contribution >= 4 is 23.2 Å². The molecule has 4 rings (SSSR count). The number of hydrogen-bond acceptors (Lipinski definition) is 5. The molecule has 2 aromatic rings. The summed E-state index contributed by atoms with van der Waals surface area (Å²) < 4.78 is 19.2. The Bertz CT molecular complexity index is 815. The molecule has 3 atom stereocenters. The molecule has 27 heavy (non-hydrogen) atoms. The van der Waals surface area contributed by atoms with E-state index in [-0.39, 0.29) is 29.9 Å². The molecule has 0 aliphatic carbocycles. The minimum atomic E-state index is -0.662. The Kier molecular flexibility index (Phi) is 5.18. The number of hydrogen-bond donors (Lipinski definition) is 1. The second-order valence-electron chi connectivity index (χ2n) is 6.93. The topological polar surface area (TPSA) is 71.5 Å². The van der Waals surface area contributed by atoms with Gasteiger partial charge in [0.1, 0.15) is 0 Å². The van der Waals surface area contributed by atoms with Crippen LogP contribution in [0.3, 0.4) is 0 Å². The predicted octanol–water partition coefficient (Wildman–Crippen LogP) is 2.22. The van der Waals surface area contributed by atoms with E-state index in [4.69, 9.17) is 4.74 Å². The number of rotatable bonds is 5. The summed E-state index contributed by atoms with van der Waals surface area (Å²) in [6.07, 6.45) is 2.21.